The third-order valence-electron chi connectivity index (χ3n) is 3.57. The Balaban J connectivity index is 1.99. The number of amides is 4. The predicted molar refractivity (Wildman–Crippen MR) is 91.6 cm³/mol. The van der Waals surface area contributed by atoms with E-state index in [1.165, 1.54) is 6.08 Å². The first-order valence-electron chi connectivity index (χ1n) is 7.19. The van der Waals surface area contributed by atoms with Gasteiger partial charge in [-0.3, -0.25) is 14.9 Å². The highest BCUT2D eigenvalue weighted by Crippen LogP contribution is 2.23. The van der Waals surface area contributed by atoms with Gasteiger partial charge in [0.15, 0.2) is 0 Å². The molecule has 0 radical (unpaired) electrons. The summed E-state index contributed by atoms with van der Waals surface area (Å²) >= 11 is 5.83. The molecule has 1 fully saturated rings. The van der Waals surface area contributed by atoms with E-state index in [-0.39, 0.29) is 5.57 Å². The smallest absolute Gasteiger partial charge is 0.273 e. The van der Waals surface area contributed by atoms with Crippen molar-refractivity contribution in [1.29, 1.82) is 0 Å². The quantitative estimate of drug-likeness (QED) is 0.673. The van der Waals surface area contributed by atoms with E-state index in [0.29, 0.717) is 16.3 Å². The summed E-state index contributed by atoms with van der Waals surface area (Å²) in [6, 6.07) is 12.8. The van der Waals surface area contributed by atoms with Gasteiger partial charge in [-0.2, -0.15) is 0 Å². The number of urea groups is 1. The molecule has 1 aliphatic heterocycles. The lowest BCUT2D eigenvalue weighted by molar-refractivity contribution is -0.122. The molecule has 24 heavy (non-hydrogen) atoms. The van der Waals surface area contributed by atoms with Gasteiger partial charge in [-0.15, -0.1) is 0 Å². The summed E-state index contributed by atoms with van der Waals surface area (Å²) in [5.74, 6) is -1.39. The zero-order valence-electron chi connectivity index (χ0n) is 12.7. The number of hydrogen-bond donors (Lipinski definition) is 1. The minimum absolute atomic E-state index is 0.103. The summed E-state index contributed by atoms with van der Waals surface area (Å²) in [5.41, 5.74) is 2.00. The third kappa shape index (κ3) is 3.07. The lowest BCUT2D eigenvalue weighted by atomic mass is 10.1. The van der Waals surface area contributed by atoms with Crippen molar-refractivity contribution in [2.75, 3.05) is 4.90 Å². The molecular weight excluding hydrogens is 328 g/mol. The van der Waals surface area contributed by atoms with Crippen LogP contribution in [0.5, 0.6) is 0 Å². The highest BCUT2D eigenvalue weighted by Gasteiger charge is 2.36. The number of aryl methyl sites for hydroxylation is 1. The first-order chi connectivity index (χ1) is 11.5. The van der Waals surface area contributed by atoms with Crippen LogP contribution in [0.1, 0.15) is 11.1 Å². The number of benzene rings is 2. The van der Waals surface area contributed by atoms with Gasteiger partial charge in [0.05, 0.1) is 5.69 Å². The van der Waals surface area contributed by atoms with Crippen molar-refractivity contribution in [3.8, 4) is 0 Å². The monoisotopic (exact) mass is 340 g/mol. The van der Waals surface area contributed by atoms with Crippen LogP contribution < -0.4 is 10.2 Å². The summed E-state index contributed by atoms with van der Waals surface area (Å²) in [5, 5.41) is 2.66. The Morgan fingerprint density at radius 2 is 1.58 bits per heavy atom. The molecule has 0 aliphatic carbocycles. The summed E-state index contributed by atoms with van der Waals surface area (Å²) in [4.78, 5) is 37.7. The number of imide groups is 2. The molecule has 0 saturated carbocycles. The molecule has 0 atom stereocenters. The fourth-order valence-corrected chi connectivity index (χ4v) is 2.44. The normalized spacial score (nSPS) is 16.5. The Bertz CT molecular complexity index is 855. The molecule has 1 saturated heterocycles. The lowest BCUT2D eigenvalue weighted by Crippen LogP contribution is -2.54. The Hall–Kier alpha value is -2.92. The largest absolute Gasteiger partial charge is 0.335 e. The van der Waals surface area contributed by atoms with Crippen molar-refractivity contribution in [3.05, 3.63) is 70.3 Å². The van der Waals surface area contributed by atoms with Crippen LogP contribution in [0.15, 0.2) is 54.1 Å². The van der Waals surface area contributed by atoms with Gasteiger partial charge < -0.3 is 0 Å². The van der Waals surface area contributed by atoms with Gasteiger partial charge in [-0.05, 0) is 42.8 Å². The number of anilines is 1. The standard InChI is InChI=1S/C18H13ClN2O3/c1-11-2-4-12(5-3-11)10-15-16(22)20-18(24)21(17(15)23)14-8-6-13(19)7-9-14/h2-10H,1H3,(H,20,22,24)/b15-10+. The average Bonchev–Trinajstić information content (AvgIpc) is 2.55. The predicted octanol–water partition coefficient (Wildman–Crippen LogP) is 3.31. The van der Waals surface area contributed by atoms with Crippen molar-refractivity contribution in [2.45, 2.75) is 6.92 Å². The first kappa shape index (κ1) is 16.0. The fourth-order valence-electron chi connectivity index (χ4n) is 2.31. The van der Waals surface area contributed by atoms with Gasteiger partial charge in [0.2, 0.25) is 0 Å². The van der Waals surface area contributed by atoms with Crippen molar-refractivity contribution < 1.29 is 14.4 Å². The van der Waals surface area contributed by atoms with Crippen molar-refractivity contribution in [2.24, 2.45) is 0 Å². The summed E-state index contributed by atoms with van der Waals surface area (Å²) in [6.45, 7) is 1.94. The van der Waals surface area contributed by atoms with Crippen molar-refractivity contribution >= 4 is 41.2 Å². The highest BCUT2D eigenvalue weighted by molar-refractivity contribution is 6.39. The van der Waals surface area contributed by atoms with Gasteiger partial charge in [-0.25, -0.2) is 9.69 Å². The molecule has 0 bridgehead atoms. The van der Waals surface area contributed by atoms with E-state index in [1.807, 2.05) is 19.1 Å². The van der Waals surface area contributed by atoms with Gasteiger partial charge >= 0.3 is 6.03 Å². The first-order valence-corrected chi connectivity index (χ1v) is 7.57. The molecule has 0 aromatic heterocycles. The Morgan fingerprint density at radius 1 is 0.958 bits per heavy atom. The van der Waals surface area contributed by atoms with Crippen molar-refractivity contribution in [3.63, 3.8) is 0 Å². The number of halogens is 1. The highest BCUT2D eigenvalue weighted by atomic mass is 35.5. The number of rotatable bonds is 2. The second kappa shape index (κ2) is 6.29. The van der Waals surface area contributed by atoms with Crippen LogP contribution in [0.3, 0.4) is 0 Å². The van der Waals surface area contributed by atoms with Gasteiger partial charge in [0.25, 0.3) is 11.8 Å². The second-order valence-electron chi connectivity index (χ2n) is 5.34. The maximum atomic E-state index is 12.6. The molecule has 6 heteroatoms. The molecule has 0 spiro atoms. The van der Waals surface area contributed by atoms with Crippen LogP contribution in [0.25, 0.3) is 6.08 Å². The zero-order chi connectivity index (χ0) is 17.3. The van der Waals surface area contributed by atoms with E-state index < -0.39 is 17.8 Å². The van der Waals surface area contributed by atoms with Crippen LogP contribution in [-0.4, -0.2) is 17.8 Å². The van der Waals surface area contributed by atoms with E-state index in [4.69, 9.17) is 11.6 Å². The molecule has 2 aromatic carbocycles. The van der Waals surface area contributed by atoms with Crippen LogP contribution in [0.2, 0.25) is 5.02 Å². The van der Waals surface area contributed by atoms with E-state index in [1.54, 1.807) is 36.4 Å². The molecule has 1 N–H and O–H groups in total. The third-order valence-corrected chi connectivity index (χ3v) is 3.83. The van der Waals surface area contributed by atoms with E-state index in [9.17, 15) is 14.4 Å². The zero-order valence-corrected chi connectivity index (χ0v) is 13.5. The van der Waals surface area contributed by atoms with Gasteiger partial charge in [0.1, 0.15) is 5.57 Å². The van der Waals surface area contributed by atoms with Crippen LogP contribution in [-0.2, 0) is 9.59 Å². The molecule has 1 aliphatic rings. The molecular formula is C18H13ClN2O3. The summed E-state index contributed by atoms with van der Waals surface area (Å²) < 4.78 is 0. The fraction of sp³-hybridized carbons (Fsp3) is 0.0556. The second-order valence-corrected chi connectivity index (χ2v) is 5.78. The molecule has 4 amide bonds. The van der Waals surface area contributed by atoms with Crippen LogP contribution in [0.4, 0.5) is 10.5 Å². The topological polar surface area (TPSA) is 66.5 Å². The van der Waals surface area contributed by atoms with E-state index >= 15 is 0 Å². The lowest BCUT2D eigenvalue weighted by Gasteiger charge is -2.26. The van der Waals surface area contributed by atoms with E-state index in [2.05, 4.69) is 5.32 Å². The minimum atomic E-state index is -0.784. The van der Waals surface area contributed by atoms with Gasteiger partial charge in [-0.1, -0.05) is 41.4 Å². The number of nitrogens with one attached hydrogen (secondary N) is 1. The van der Waals surface area contributed by atoms with Crippen LogP contribution in [0, 0.1) is 6.92 Å². The van der Waals surface area contributed by atoms with Crippen LogP contribution >= 0.6 is 11.6 Å². The average molecular weight is 341 g/mol. The van der Waals surface area contributed by atoms with E-state index in [0.717, 1.165) is 10.5 Å². The Labute approximate surface area is 143 Å². The molecule has 5 nitrogen and oxygen atoms in total. The molecule has 2 aromatic rings. The number of carbonyl (C=O) groups is 3. The number of barbiturate groups is 1. The molecule has 0 unspecified atom stereocenters. The SMILES string of the molecule is Cc1ccc(/C=C2\C(=O)NC(=O)N(c3ccc(Cl)cc3)C2=O)cc1. The minimum Gasteiger partial charge on any atom is -0.273 e. The maximum Gasteiger partial charge on any atom is 0.335 e. The summed E-state index contributed by atoms with van der Waals surface area (Å²) in [7, 11) is 0. The molecule has 1 heterocycles. The van der Waals surface area contributed by atoms with Gasteiger partial charge in [0, 0.05) is 5.02 Å². The number of nitrogens with zero attached hydrogens (tertiary/aromatic N) is 1. The maximum absolute atomic E-state index is 12.6. The number of hydrogen-bond acceptors (Lipinski definition) is 3. The Kier molecular flexibility index (Phi) is 4.18. The number of carbonyl (C=O) groups excluding carboxylic acids is 3. The summed E-state index contributed by atoms with van der Waals surface area (Å²) in [6.07, 6.45) is 1.46. The molecule has 120 valence electrons. The molecule has 3 rings (SSSR count). The van der Waals surface area contributed by atoms with Crippen molar-refractivity contribution in [1.82, 2.24) is 5.32 Å². The Morgan fingerprint density at radius 3 is 2.21 bits per heavy atom.